The zero-order valence-corrected chi connectivity index (χ0v) is 20.9. The van der Waals surface area contributed by atoms with Gasteiger partial charge in [-0.2, -0.15) is 0 Å². The number of nitrogens with zero attached hydrogens (tertiary/aromatic N) is 2. The topological polar surface area (TPSA) is 85.7 Å². The fourth-order valence-electron chi connectivity index (χ4n) is 6.92. The van der Waals surface area contributed by atoms with Gasteiger partial charge in [0.05, 0.1) is 22.5 Å². The standard InChI is InChI=1S/C30H28N2O4/c1-16-23(28(34)36-22-15-17-13-14-30(22,4)29(17,2)3)24(20-11-7-8-12-21(20)32-35)25-26(31-16)18-9-5-6-10-19(18)27(25)33/h5-12,17,22H,13-15H2,1-4H3/t17-,22-,30-/m1/s1. The largest absolute Gasteiger partial charge is 0.458 e. The van der Waals surface area contributed by atoms with E-state index in [1.54, 1.807) is 37.3 Å². The first kappa shape index (κ1) is 22.8. The van der Waals surface area contributed by atoms with Crippen molar-refractivity contribution in [2.45, 2.75) is 53.1 Å². The van der Waals surface area contributed by atoms with E-state index in [9.17, 15) is 14.5 Å². The average Bonchev–Trinajstić information content (AvgIpc) is 3.35. The van der Waals surface area contributed by atoms with Crippen LogP contribution in [0.1, 0.15) is 72.0 Å². The van der Waals surface area contributed by atoms with Crippen molar-refractivity contribution in [3.8, 4) is 22.4 Å². The number of esters is 1. The van der Waals surface area contributed by atoms with Crippen molar-refractivity contribution in [2.24, 2.45) is 21.9 Å². The molecule has 2 bridgehead atoms. The van der Waals surface area contributed by atoms with Crippen LogP contribution in [-0.4, -0.2) is 22.8 Å². The predicted octanol–water partition coefficient (Wildman–Crippen LogP) is 7.04. The highest BCUT2D eigenvalue weighted by Crippen LogP contribution is 2.66. The normalized spacial score (nSPS) is 24.9. The number of ether oxygens (including phenoxy) is 1. The summed E-state index contributed by atoms with van der Waals surface area (Å²) in [6.45, 7) is 8.52. The van der Waals surface area contributed by atoms with Gasteiger partial charge in [-0.15, -0.1) is 4.91 Å². The summed E-state index contributed by atoms with van der Waals surface area (Å²) >= 11 is 0. The lowest BCUT2D eigenvalue weighted by Gasteiger charge is -2.38. The van der Waals surface area contributed by atoms with Gasteiger partial charge in [-0.05, 0) is 48.8 Å². The van der Waals surface area contributed by atoms with E-state index in [-0.39, 0.29) is 34.0 Å². The van der Waals surface area contributed by atoms with Crippen molar-refractivity contribution >= 4 is 17.4 Å². The van der Waals surface area contributed by atoms with Gasteiger partial charge in [-0.1, -0.05) is 63.2 Å². The number of hydrogen-bond donors (Lipinski definition) is 0. The lowest BCUT2D eigenvalue weighted by molar-refractivity contribution is -0.0242. The van der Waals surface area contributed by atoms with E-state index in [0.717, 1.165) is 24.8 Å². The zero-order chi connectivity index (χ0) is 25.4. The Bertz CT molecular complexity index is 1470. The van der Waals surface area contributed by atoms with Crippen molar-refractivity contribution in [2.75, 3.05) is 0 Å². The Morgan fingerprint density at radius 2 is 1.67 bits per heavy atom. The Balaban J connectivity index is 1.54. The Labute approximate surface area is 210 Å². The number of pyridine rings is 1. The van der Waals surface area contributed by atoms with Gasteiger partial charge in [0.25, 0.3) is 0 Å². The molecule has 6 rings (SSSR count). The molecule has 0 amide bonds. The lowest BCUT2D eigenvalue weighted by Crippen LogP contribution is -2.38. The third-order valence-corrected chi connectivity index (χ3v) is 9.47. The third kappa shape index (κ3) is 2.87. The zero-order valence-electron chi connectivity index (χ0n) is 20.9. The second-order valence-corrected chi connectivity index (χ2v) is 11.2. The van der Waals surface area contributed by atoms with Crippen LogP contribution in [-0.2, 0) is 4.74 Å². The van der Waals surface area contributed by atoms with E-state index in [1.165, 1.54) is 0 Å². The summed E-state index contributed by atoms with van der Waals surface area (Å²) in [7, 11) is 0. The molecule has 3 atom stereocenters. The number of carbonyl (C=O) groups excluding carboxylic acids is 2. The van der Waals surface area contributed by atoms with Crippen LogP contribution < -0.4 is 0 Å². The number of carbonyl (C=O) groups is 2. The summed E-state index contributed by atoms with van der Waals surface area (Å²) < 4.78 is 6.26. The average molecular weight is 481 g/mol. The number of hydrogen-bond acceptors (Lipinski definition) is 6. The molecule has 0 radical (unpaired) electrons. The molecular formula is C30H28N2O4. The maximum atomic E-state index is 13.9. The summed E-state index contributed by atoms with van der Waals surface area (Å²) in [5, 5.41) is 3.21. The van der Waals surface area contributed by atoms with Crippen LogP contribution in [0.2, 0.25) is 0 Å². The monoisotopic (exact) mass is 480 g/mol. The molecule has 3 aromatic rings. The van der Waals surface area contributed by atoms with Crippen LogP contribution in [0.5, 0.6) is 0 Å². The Morgan fingerprint density at radius 1 is 1.00 bits per heavy atom. The first-order valence-electron chi connectivity index (χ1n) is 12.5. The van der Waals surface area contributed by atoms with Gasteiger partial charge in [-0.3, -0.25) is 9.78 Å². The van der Waals surface area contributed by atoms with Crippen molar-refractivity contribution < 1.29 is 14.3 Å². The summed E-state index contributed by atoms with van der Waals surface area (Å²) in [5.41, 5.74) is 3.74. The minimum Gasteiger partial charge on any atom is -0.458 e. The number of aromatic nitrogens is 1. The molecule has 3 aliphatic rings. The molecule has 1 aromatic heterocycles. The molecule has 6 nitrogen and oxygen atoms in total. The molecule has 36 heavy (non-hydrogen) atoms. The minimum atomic E-state index is -0.503. The molecule has 0 unspecified atom stereocenters. The molecule has 1 heterocycles. The third-order valence-electron chi connectivity index (χ3n) is 9.47. The molecule has 0 aliphatic heterocycles. The molecule has 2 aromatic carbocycles. The first-order valence-corrected chi connectivity index (χ1v) is 12.5. The van der Waals surface area contributed by atoms with Gasteiger partial charge in [0.15, 0.2) is 5.78 Å². The highest BCUT2D eigenvalue weighted by Gasteiger charge is 2.63. The quantitative estimate of drug-likeness (QED) is 0.231. The van der Waals surface area contributed by atoms with E-state index in [0.29, 0.717) is 39.6 Å². The fourth-order valence-corrected chi connectivity index (χ4v) is 6.92. The number of benzene rings is 2. The van der Waals surface area contributed by atoms with Crippen LogP contribution in [0.15, 0.2) is 53.7 Å². The van der Waals surface area contributed by atoms with Crippen LogP contribution in [0.4, 0.5) is 5.69 Å². The highest BCUT2D eigenvalue weighted by atomic mass is 16.5. The molecular weight excluding hydrogens is 452 g/mol. The predicted molar refractivity (Wildman–Crippen MR) is 137 cm³/mol. The van der Waals surface area contributed by atoms with Crippen LogP contribution in [0.25, 0.3) is 22.4 Å². The second kappa shape index (κ2) is 7.66. The van der Waals surface area contributed by atoms with E-state index >= 15 is 0 Å². The van der Waals surface area contributed by atoms with Crippen LogP contribution in [0, 0.1) is 28.6 Å². The summed E-state index contributed by atoms with van der Waals surface area (Å²) in [6.07, 6.45) is 2.78. The molecule has 2 saturated carbocycles. The summed E-state index contributed by atoms with van der Waals surface area (Å²) in [5.74, 6) is -0.210. The Kier molecular flexibility index (Phi) is 4.85. The van der Waals surface area contributed by atoms with Crippen LogP contribution in [0.3, 0.4) is 0 Å². The Hall–Kier alpha value is -3.67. The van der Waals surface area contributed by atoms with Crippen molar-refractivity contribution in [3.63, 3.8) is 0 Å². The van der Waals surface area contributed by atoms with Gasteiger partial charge in [0.2, 0.25) is 0 Å². The second-order valence-electron chi connectivity index (χ2n) is 11.2. The fraction of sp³-hybridized carbons (Fsp3) is 0.367. The minimum absolute atomic E-state index is 0.0810. The lowest BCUT2D eigenvalue weighted by atomic mass is 9.70. The van der Waals surface area contributed by atoms with E-state index in [2.05, 4.69) is 25.9 Å². The molecule has 182 valence electrons. The first-order chi connectivity index (χ1) is 17.2. The maximum absolute atomic E-state index is 13.9. The van der Waals surface area contributed by atoms with Crippen LogP contribution >= 0.6 is 0 Å². The summed E-state index contributed by atoms with van der Waals surface area (Å²) in [6, 6.07) is 14.1. The van der Waals surface area contributed by atoms with Crippen molar-refractivity contribution in [1.82, 2.24) is 4.98 Å². The van der Waals surface area contributed by atoms with E-state index < -0.39 is 5.97 Å². The smallest absolute Gasteiger partial charge is 0.340 e. The van der Waals surface area contributed by atoms with E-state index in [1.807, 2.05) is 18.2 Å². The summed E-state index contributed by atoms with van der Waals surface area (Å²) in [4.78, 5) is 44.1. The molecule has 0 spiro atoms. The molecule has 3 aliphatic carbocycles. The van der Waals surface area contributed by atoms with Gasteiger partial charge in [0.1, 0.15) is 11.8 Å². The SMILES string of the molecule is Cc1nc2c(c(-c3ccccc3N=O)c1C(=O)O[C@@H]1C[C@H]3CC[C@@]1(C)C3(C)C)C(=O)c1ccccc1-2. The molecule has 0 N–H and O–H groups in total. The van der Waals surface area contributed by atoms with Crippen molar-refractivity contribution in [1.29, 1.82) is 0 Å². The van der Waals surface area contributed by atoms with Gasteiger partial charge in [-0.25, -0.2) is 4.79 Å². The van der Waals surface area contributed by atoms with Gasteiger partial charge >= 0.3 is 5.97 Å². The maximum Gasteiger partial charge on any atom is 0.340 e. The Morgan fingerprint density at radius 3 is 2.31 bits per heavy atom. The molecule has 0 saturated heterocycles. The van der Waals surface area contributed by atoms with Gasteiger partial charge in [0, 0.05) is 27.7 Å². The van der Waals surface area contributed by atoms with Crippen molar-refractivity contribution in [3.05, 3.63) is 75.8 Å². The number of aryl methyl sites for hydroxylation is 1. The number of rotatable bonds is 4. The molecule has 2 fully saturated rings. The molecule has 6 heteroatoms. The highest BCUT2D eigenvalue weighted by molar-refractivity contribution is 6.26. The number of nitroso groups, excluding NO2 is 1. The number of fused-ring (bicyclic) bond motifs is 5. The van der Waals surface area contributed by atoms with E-state index in [4.69, 9.17) is 9.72 Å². The van der Waals surface area contributed by atoms with Gasteiger partial charge < -0.3 is 4.74 Å². The number of ketones is 1.